The van der Waals surface area contributed by atoms with E-state index < -0.39 is 20.2 Å². The molecule has 0 unspecified atom stereocenters. The third kappa shape index (κ3) is 15.3. The van der Waals surface area contributed by atoms with Crippen LogP contribution in [0.1, 0.15) is 89.2 Å². The van der Waals surface area contributed by atoms with Gasteiger partial charge in [-0.15, -0.1) is 0 Å². The van der Waals surface area contributed by atoms with Gasteiger partial charge in [0.05, 0.1) is 4.90 Å². The van der Waals surface area contributed by atoms with Crippen LogP contribution in [0.3, 0.4) is 0 Å². The van der Waals surface area contributed by atoms with Gasteiger partial charge in [0.25, 0.3) is 10.1 Å². The van der Waals surface area contributed by atoms with Gasteiger partial charge in [0.15, 0.2) is 11.5 Å². The Hall–Kier alpha value is -2.84. The van der Waals surface area contributed by atoms with Crippen molar-refractivity contribution in [3.63, 3.8) is 0 Å². The summed E-state index contributed by atoms with van der Waals surface area (Å²) in [5.74, 6) is 0.349. The molecule has 272 valence electrons. The largest absolute Gasteiger partial charge is 2.00 e. The number of para-hydroxylation sites is 4. The van der Waals surface area contributed by atoms with Crippen LogP contribution < -0.4 is 14.6 Å². The minimum Gasteiger partial charge on any atom is -0.870 e. The Kier molecular flexibility index (Phi) is 19.4. The summed E-state index contributed by atoms with van der Waals surface area (Å²) in [6, 6.07) is 21.5. The second-order valence-electron chi connectivity index (χ2n) is 11.9. The topological polar surface area (TPSA) is 173 Å². The summed E-state index contributed by atoms with van der Waals surface area (Å²) in [6.07, 6.45) is 11.6. The van der Waals surface area contributed by atoms with Gasteiger partial charge in [-0.2, -0.15) is 8.42 Å². The summed E-state index contributed by atoms with van der Waals surface area (Å²) >= 11 is 0. The zero-order valence-electron chi connectivity index (χ0n) is 29.3. The fourth-order valence-electron chi connectivity index (χ4n) is 5.25. The van der Waals surface area contributed by atoms with Crippen LogP contribution in [0, 0.1) is 0 Å². The van der Waals surface area contributed by atoms with Crippen molar-refractivity contribution in [3.05, 3.63) is 96.1 Å². The van der Waals surface area contributed by atoms with Gasteiger partial charge in [0.2, 0.25) is 0 Å². The molecule has 0 fully saturated rings. The second-order valence-corrected chi connectivity index (χ2v) is 14.7. The predicted molar refractivity (Wildman–Crippen MR) is 195 cm³/mol. The molecule has 4 aromatic rings. The van der Waals surface area contributed by atoms with Crippen LogP contribution in [0.5, 0.6) is 34.5 Å². The third-order valence-electron chi connectivity index (χ3n) is 7.89. The average molecular weight is 767 g/mol. The molecule has 0 aromatic heterocycles. The molecule has 0 atom stereocenters. The molecule has 0 amide bonds. The molecule has 2 N–H and O–H groups in total. The number of hydrogen-bond acceptors (Lipinski definition) is 9. The van der Waals surface area contributed by atoms with E-state index in [0.717, 1.165) is 57.8 Å². The van der Waals surface area contributed by atoms with Crippen molar-refractivity contribution >= 4 is 58.0 Å². The number of benzene rings is 4. The number of rotatable bonds is 18. The van der Waals surface area contributed by atoms with Crippen LogP contribution in [0.25, 0.3) is 0 Å². The quantitative estimate of drug-likeness (QED) is 0.0568. The Labute approximate surface area is 332 Å². The van der Waals surface area contributed by atoms with Crippen molar-refractivity contribution in [2.45, 2.75) is 101 Å². The van der Waals surface area contributed by atoms with E-state index in [1.807, 2.05) is 0 Å². The van der Waals surface area contributed by atoms with E-state index in [9.17, 15) is 36.2 Å². The Morgan fingerprint density at radius 3 is 1.55 bits per heavy atom. The van der Waals surface area contributed by atoms with Gasteiger partial charge in [-0.1, -0.05) is 113 Å². The van der Waals surface area contributed by atoms with Gasteiger partial charge < -0.3 is 24.2 Å². The molecule has 4 aromatic carbocycles. The maximum Gasteiger partial charge on any atom is 2.00 e. The standard InChI is InChI=1S/2C19H24O5S.Ca/c2*1-2-3-4-5-6-9-15-12-13-16(14-19(15)25(21,22)23)24-18-11-8-7-10-17(18)20;/h2*7-8,10-14,20H,2-6,9H2,1H3,(H,21,22,23);/q;;+2/p-2. The van der Waals surface area contributed by atoms with E-state index in [0.29, 0.717) is 24.0 Å². The molecule has 13 heteroatoms. The molecule has 0 bridgehead atoms. The van der Waals surface area contributed by atoms with Gasteiger partial charge in [-0.25, -0.2) is 8.42 Å². The van der Waals surface area contributed by atoms with Crippen molar-refractivity contribution < 1.29 is 45.6 Å². The van der Waals surface area contributed by atoms with Crippen molar-refractivity contribution in [2.24, 2.45) is 0 Å². The van der Waals surface area contributed by atoms with Crippen LogP contribution in [0.2, 0.25) is 0 Å². The fourth-order valence-corrected chi connectivity index (χ4v) is 6.77. The van der Waals surface area contributed by atoms with Gasteiger partial charge >= 0.3 is 37.7 Å². The SMILES string of the molecule is CCCCCCCc1ccc(Oc2ccccc2O)cc1S(=O)(=O)O.CCCCCCCc1ccc(Oc2ccccc2[O-])cc1S(=O)(=O)[O-].[Ca+2]. The molecule has 0 radical (unpaired) electrons. The molecule has 0 spiro atoms. The minimum absolute atomic E-state index is 0. The first-order valence-electron chi connectivity index (χ1n) is 16.9. The van der Waals surface area contributed by atoms with E-state index in [1.165, 1.54) is 36.8 Å². The number of aryl methyl sites for hydroxylation is 2. The van der Waals surface area contributed by atoms with E-state index in [2.05, 4.69) is 13.8 Å². The number of phenolic OH excluding ortho intramolecular Hbond substituents is 1. The summed E-state index contributed by atoms with van der Waals surface area (Å²) in [5, 5.41) is 21.4. The molecule has 0 saturated heterocycles. The van der Waals surface area contributed by atoms with Crippen molar-refractivity contribution in [1.82, 2.24) is 0 Å². The first kappa shape index (κ1) is 44.3. The number of phenols is 1. The van der Waals surface area contributed by atoms with Crippen LogP contribution >= 0.6 is 0 Å². The normalized spacial score (nSPS) is 11.2. The van der Waals surface area contributed by atoms with Crippen LogP contribution in [0.4, 0.5) is 0 Å². The van der Waals surface area contributed by atoms with Gasteiger partial charge in [-0.05, 0) is 73.2 Å². The molecule has 51 heavy (non-hydrogen) atoms. The second kappa shape index (κ2) is 22.3. The molecule has 0 aliphatic heterocycles. The Balaban J connectivity index is 0.000000347. The molecule has 4 rings (SSSR count). The predicted octanol–water partition coefficient (Wildman–Crippen LogP) is 8.53. The van der Waals surface area contributed by atoms with Crippen molar-refractivity contribution in [2.75, 3.05) is 0 Å². The maximum atomic E-state index is 11.7. The summed E-state index contributed by atoms with van der Waals surface area (Å²) in [6.45, 7) is 4.26. The molecule has 0 aliphatic carbocycles. The molecule has 10 nitrogen and oxygen atoms in total. The van der Waals surface area contributed by atoms with E-state index >= 15 is 0 Å². The van der Waals surface area contributed by atoms with Crippen LogP contribution in [-0.2, 0) is 33.1 Å². The molecule has 0 heterocycles. The average Bonchev–Trinajstić information content (AvgIpc) is 3.07. The van der Waals surface area contributed by atoms with E-state index in [4.69, 9.17) is 9.47 Å². The Morgan fingerprint density at radius 2 is 1.06 bits per heavy atom. The van der Waals surface area contributed by atoms with Gasteiger partial charge in [0.1, 0.15) is 32.3 Å². The Bertz CT molecular complexity index is 1740. The smallest absolute Gasteiger partial charge is 0.870 e. The minimum atomic E-state index is -4.61. The number of ether oxygens (including phenoxy) is 2. The van der Waals surface area contributed by atoms with Gasteiger partial charge in [-0.3, -0.25) is 4.55 Å². The summed E-state index contributed by atoms with van der Waals surface area (Å²) in [7, 11) is -8.96. The summed E-state index contributed by atoms with van der Waals surface area (Å²) < 4.78 is 78.7. The molecular formula is C38H46CaO10S2. The van der Waals surface area contributed by atoms with Crippen LogP contribution in [-0.4, -0.2) is 68.8 Å². The van der Waals surface area contributed by atoms with E-state index in [-0.39, 0.29) is 82.0 Å². The monoisotopic (exact) mass is 766 g/mol. The first-order valence-corrected chi connectivity index (χ1v) is 19.8. The molecule has 0 saturated carbocycles. The zero-order valence-corrected chi connectivity index (χ0v) is 33.1. The van der Waals surface area contributed by atoms with Crippen molar-refractivity contribution in [1.29, 1.82) is 0 Å². The first-order chi connectivity index (χ1) is 23.8. The molecule has 0 aliphatic rings. The molecular weight excluding hydrogens is 721 g/mol. The maximum absolute atomic E-state index is 11.7. The summed E-state index contributed by atoms with van der Waals surface area (Å²) in [5.41, 5.74) is 1.07. The third-order valence-corrected chi connectivity index (χ3v) is 9.75. The fraction of sp³-hybridized carbons (Fsp3) is 0.368. The Morgan fingerprint density at radius 1 is 0.608 bits per heavy atom. The van der Waals surface area contributed by atoms with Crippen LogP contribution in [0.15, 0.2) is 94.7 Å². The van der Waals surface area contributed by atoms with Gasteiger partial charge in [0, 0.05) is 6.07 Å². The van der Waals surface area contributed by atoms with E-state index in [1.54, 1.807) is 54.6 Å². The number of unbranched alkanes of at least 4 members (excludes halogenated alkanes) is 8. The number of hydrogen-bond donors (Lipinski definition) is 2. The summed E-state index contributed by atoms with van der Waals surface area (Å²) in [4.78, 5) is -0.417. The number of aromatic hydroxyl groups is 1. The van der Waals surface area contributed by atoms with Crippen molar-refractivity contribution in [3.8, 4) is 34.5 Å². The zero-order chi connectivity index (χ0) is 36.6.